The molecule has 140 valence electrons. The molecule has 3 rings (SSSR count). The van der Waals surface area contributed by atoms with E-state index in [9.17, 15) is 0 Å². The fourth-order valence-corrected chi connectivity index (χ4v) is 3.83. The summed E-state index contributed by atoms with van der Waals surface area (Å²) in [5.41, 5.74) is 6.03. The predicted octanol–water partition coefficient (Wildman–Crippen LogP) is 6.74. The summed E-state index contributed by atoms with van der Waals surface area (Å²) in [7, 11) is 3.34. The zero-order valence-corrected chi connectivity index (χ0v) is 17.0. The molecule has 3 heteroatoms. The van der Waals surface area contributed by atoms with Crippen molar-refractivity contribution in [3.05, 3.63) is 82.4 Å². The average Bonchev–Trinajstić information content (AvgIpc) is 2.72. The summed E-state index contributed by atoms with van der Waals surface area (Å²) in [6.07, 6.45) is 0.981. The van der Waals surface area contributed by atoms with Gasteiger partial charge in [-0.15, -0.1) is 0 Å². The SMILES string of the molecule is CCc1ccccc1-c1ccc(Cl)cc1[C@H](C)c1cccc(OC)c1OC. The Morgan fingerprint density at radius 2 is 1.63 bits per heavy atom. The third-order valence-corrected chi connectivity index (χ3v) is 5.30. The van der Waals surface area contributed by atoms with E-state index >= 15 is 0 Å². The number of hydrogen-bond acceptors (Lipinski definition) is 2. The molecule has 0 spiro atoms. The molecule has 0 saturated carbocycles. The standard InChI is InChI=1S/C24H25ClO2/c1-5-17-9-6-7-10-20(17)21-14-13-18(25)15-22(21)16(2)19-11-8-12-23(26-3)24(19)27-4/h6-16H,5H2,1-4H3/t16-/m1/s1. The molecule has 0 aliphatic rings. The van der Waals surface area contributed by atoms with E-state index in [1.807, 2.05) is 18.2 Å². The second-order valence-electron chi connectivity index (χ2n) is 6.55. The van der Waals surface area contributed by atoms with E-state index in [1.54, 1.807) is 14.2 Å². The smallest absolute Gasteiger partial charge is 0.164 e. The normalized spacial score (nSPS) is 11.9. The van der Waals surface area contributed by atoms with E-state index in [1.165, 1.54) is 22.3 Å². The maximum atomic E-state index is 6.39. The first kappa shape index (κ1) is 19.3. The highest BCUT2D eigenvalue weighted by atomic mass is 35.5. The van der Waals surface area contributed by atoms with E-state index in [0.29, 0.717) is 0 Å². The van der Waals surface area contributed by atoms with Gasteiger partial charge >= 0.3 is 0 Å². The summed E-state index contributed by atoms with van der Waals surface area (Å²) in [4.78, 5) is 0. The first-order valence-corrected chi connectivity index (χ1v) is 9.57. The van der Waals surface area contributed by atoms with Crippen molar-refractivity contribution in [2.45, 2.75) is 26.2 Å². The van der Waals surface area contributed by atoms with Crippen LogP contribution in [0.3, 0.4) is 0 Å². The molecule has 27 heavy (non-hydrogen) atoms. The third kappa shape index (κ3) is 3.81. The molecule has 3 aromatic rings. The van der Waals surface area contributed by atoms with Crippen LogP contribution in [0.1, 0.15) is 36.5 Å². The van der Waals surface area contributed by atoms with Crippen LogP contribution < -0.4 is 9.47 Å². The average molecular weight is 381 g/mol. The molecule has 0 unspecified atom stereocenters. The summed E-state index contributed by atoms with van der Waals surface area (Å²) in [5.74, 6) is 1.59. The molecule has 0 amide bonds. The summed E-state index contributed by atoms with van der Waals surface area (Å²) >= 11 is 6.39. The number of para-hydroxylation sites is 1. The molecule has 0 bridgehead atoms. The second kappa shape index (κ2) is 8.49. The van der Waals surface area contributed by atoms with E-state index < -0.39 is 0 Å². The quantitative estimate of drug-likeness (QED) is 0.471. The number of rotatable bonds is 6. The van der Waals surface area contributed by atoms with Crippen LogP contribution in [0.4, 0.5) is 0 Å². The molecular formula is C24H25ClO2. The maximum Gasteiger partial charge on any atom is 0.164 e. The van der Waals surface area contributed by atoms with Gasteiger partial charge in [0.2, 0.25) is 0 Å². The molecule has 3 aromatic carbocycles. The first-order valence-electron chi connectivity index (χ1n) is 9.19. The molecule has 2 nitrogen and oxygen atoms in total. The number of hydrogen-bond donors (Lipinski definition) is 0. The number of ether oxygens (including phenoxy) is 2. The molecule has 0 aliphatic heterocycles. The predicted molar refractivity (Wildman–Crippen MR) is 113 cm³/mol. The van der Waals surface area contributed by atoms with Gasteiger partial charge in [0.05, 0.1) is 14.2 Å². The number of benzene rings is 3. The Bertz CT molecular complexity index is 933. The van der Waals surface area contributed by atoms with Crippen LogP contribution in [0, 0.1) is 0 Å². The highest BCUT2D eigenvalue weighted by Crippen LogP contribution is 2.42. The highest BCUT2D eigenvalue weighted by molar-refractivity contribution is 6.30. The van der Waals surface area contributed by atoms with Crippen molar-refractivity contribution in [1.82, 2.24) is 0 Å². The van der Waals surface area contributed by atoms with Crippen molar-refractivity contribution in [3.63, 3.8) is 0 Å². The topological polar surface area (TPSA) is 18.5 Å². The van der Waals surface area contributed by atoms with Crippen LogP contribution in [-0.2, 0) is 6.42 Å². The Balaban J connectivity index is 2.19. The van der Waals surface area contributed by atoms with Gasteiger partial charge in [0.15, 0.2) is 11.5 Å². The minimum absolute atomic E-state index is 0.0914. The second-order valence-corrected chi connectivity index (χ2v) is 6.98. The zero-order chi connectivity index (χ0) is 19.4. The molecule has 0 radical (unpaired) electrons. The Hall–Kier alpha value is -2.45. The van der Waals surface area contributed by atoms with Gasteiger partial charge in [-0.25, -0.2) is 0 Å². The van der Waals surface area contributed by atoms with Gasteiger partial charge in [0.1, 0.15) is 0 Å². The monoisotopic (exact) mass is 380 g/mol. The summed E-state index contributed by atoms with van der Waals surface area (Å²) in [6.45, 7) is 4.37. The van der Waals surface area contributed by atoms with Crippen molar-refractivity contribution in [1.29, 1.82) is 0 Å². The van der Waals surface area contributed by atoms with Crippen molar-refractivity contribution in [3.8, 4) is 22.6 Å². The first-order chi connectivity index (χ1) is 13.1. The Morgan fingerprint density at radius 3 is 2.33 bits per heavy atom. The van der Waals surface area contributed by atoms with Gasteiger partial charge in [0.25, 0.3) is 0 Å². The van der Waals surface area contributed by atoms with Gasteiger partial charge in [-0.2, -0.15) is 0 Å². The molecule has 0 fully saturated rings. The van der Waals surface area contributed by atoms with Gasteiger partial charge in [-0.05, 0) is 46.9 Å². The number of aryl methyl sites for hydroxylation is 1. The Kier molecular flexibility index (Phi) is 6.08. The van der Waals surface area contributed by atoms with Gasteiger partial charge in [-0.3, -0.25) is 0 Å². The lowest BCUT2D eigenvalue weighted by atomic mass is 9.85. The minimum Gasteiger partial charge on any atom is -0.493 e. The van der Waals surface area contributed by atoms with Crippen LogP contribution in [0.15, 0.2) is 60.7 Å². The Labute approximate surface area is 166 Å². The zero-order valence-electron chi connectivity index (χ0n) is 16.3. The number of methoxy groups -OCH3 is 2. The molecule has 0 aliphatic carbocycles. The molecule has 0 aromatic heterocycles. The number of halogens is 1. The van der Waals surface area contributed by atoms with E-state index in [4.69, 9.17) is 21.1 Å². The molecule has 1 atom stereocenters. The summed E-state index contributed by atoms with van der Waals surface area (Å²) in [5, 5.41) is 0.733. The van der Waals surface area contributed by atoms with Crippen LogP contribution in [0.25, 0.3) is 11.1 Å². The molecule has 0 saturated heterocycles. The molecule has 0 heterocycles. The van der Waals surface area contributed by atoms with Gasteiger partial charge in [-0.1, -0.05) is 67.9 Å². The lowest BCUT2D eigenvalue weighted by Gasteiger charge is -2.22. The van der Waals surface area contributed by atoms with Gasteiger partial charge < -0.3 is 9.47 Å². The van der Waals surface area contributed by atoms with Crippen LogP contribution in [-0.4, -0.2) is 14.2 Å². The van der Waals surface area contributed by atoms with E-state index in [-0.39, 0.29) is 5.92 Å². The van der Waals surface area contributed by atoms with Crippen LogP contribution in [0.5, 0.6) is 11.5 Å². The maximum absolute atomic E-state index is 6.39. The van der Waals surface area contributed by atoms with Crippen molar-refractivity contribution in [2.24, 2.45) is 0 Å². The van der Waals surface area contributed by atoms with E-state index in [2.05, 4.69) is 56.3 Å². The molecule has 0 N–H and O–H groups in total. The van der Waals surface area contributed by atoms with Crippen molar-refractivity contribution < 1.29 is 9.47 Å². The lowest BCUT2D eigenvalue weighted by molar-refractivity contribution is 0.351. The van der Waals surface area contributed by atoms with E-state index in [0.717, 1.165) is 28.5 Å². The Morgan fingerprint density at radius 1 is 0.852 bits per heavy atom. The summed E-state index contributed by atoms with van der Waals surface area (Å²) in [6, 6.07) is 20.7. The van der Waals surface area contributed by atoms with Crippen molar-refractivity contribution >= 4 is 11.6 Å². The fraction of sp³-hybridized carbons (Fsp3) is 0.250. The summed E-state index contributed by atoms with van der Waals surface area (Å²) < 4.78 is 11.2. The van der Waals surface area contributed by atoms with Crippen LogP contribution in [0.2, 0.25) is 5.02 Å². The minimum atomic E-state index is 0.0914. The highest BCUT2D eigenvalue weighted by Gasteiger charge is 2.21. The third-order valence-electron chi connectivity index (χ3n) is 5.07. The fourth-order valence-electron chi connectivity index (χ4n) is 3.65. The lowest BCUT2D eigenvalue weighted by Crippen LogP contribution is -2.04. The largest absolute Gasteiger partial charge is 0.493 e. The van der Waals surface area contributed by atoms with Crippen molar-refractivity contribution in [2.75, 3.05) is 14.2 Å². The molecular weight excluding hydrogens is 356 g/mol. The van der Waals surface area contributed by atoms with Gasteiger partial charge in [0, 0.05) is 16.5 Å². The van der Waals surface area contributed by atoms with Crippen LogP contribution >= 0.6 is 11.6 Å².